The third-order valence-electron chi connectivity index (χ3n) is 9.27. The predicted octanol–water partition coefficient (Wildman–Crippen LogP) is 4.14. The van der Waals surface area contributed by atoms with Crippen LogP contribution >= 0.6 is 0 Å². The lowest BCUT2D eigenvalue weighted by Gasteiger charge is -2.27. The molecular formula is C37H41N5O4. The number of hydrogen-bond donors (Lipinski definition) is 3. The molecule has 6 rings (SSSR count). The first-order valence-electron chi connectivity index (χ1n) is 16.0. The molecule has 9 heteroatoms. The third-order valence-corrected chi connectivity index (χ3v) is 9.27. The molecular weight excluding hydrogens is 578 g/mol. The fourth-order valence-corrected chi connectivity index (χ4v) is 6.57. The number of pyridine rings is 2. The highest BCUT2D eigenvalue weighted by molar-refractivity contribution is 6.04. The molecule has 238 valence electrons. The zero-order chi connectivity index (χ0) is 32.2. The summed E-state index contributed by atoms with van der Waals surface area (Å²) in [5.41, 5.74) is 10.6. The highest BCUT2D eigenvalue weighted by Gasteiger charge is 2.22. The minimum Gasteiger partial charge on any atom is -0.395 e. The summed E-state index contributed by atoms with van der Waals surface area (Å²) in [6, 6.07) is 19.4. The topological polar surface area (TPSA) is 119 Å². The van der Waals surface area contributed by atoms with Crippen molar-refractivity contribution in [2.75, 3.05) is 44.7 Å². The number of nitrogens with one attached hydrogen (secondary N) is 1. The van der Waals surface area contributed by atoms with Crippen molar-refractivity contribution in [3.05, 3.63) is 111 Å². The molecule has 0 saturated heterocycles. The average molecular weight is 620 g/mol. The molecule has 0 unspecified atom stereocenters. The number of anilines is 1. The van der Waals surface area contributed by atoms with Crippen molar-refractivity contribution in [2.45, 2.75) is 46.2 Å². The Kier molecular flexibility index (Phi) is 9.65. The summed E-state index contributed by atoms with van der Waals surface area (Å²) in [6.45, 7) is 8.68. The summed E-state index contributed by atoms with van der Waals surface area (Å²) in [5.74, 6) is -0.271. The van der Waals surface area contributed by atoms with E-state index in [0.717, 1.165) is 89.4 Å². The van der Waals surface area contributed by atoms with Crippen molar-refractivity contribution in [3.63, 3.8) is 0 Å². The number of amides is 1. The Labute approximate surface area is 269 Å². The molecule has 0 saturated carbocycles. The maximum absolute atomic E-state index is 13.4. The minimum absolute atomic E-state index is 0.0165. The highest BCUT2D eigenvalue weighted by Crippen LogP contribution is 2.33. The fraction of sp³-hybridized carbons (Fsp3) is 0.351. The Morgan fingerprint density at radius 3 is 1.93 bits per heavy atom. The Hall–Kier alpha value is -4.28. The summed E-state index contributed by atoms with van der Waals surface area (Å²) in [7, 11) is 0. The Bertz CT molecular complexity index is 1640. The van der Waals surface area contributed by atoms with Gasteiger partial charge in [0.2, 0.25) is 0 Å². The zero-order valence-corrected chi connectivity index (χ0v) is 26.6. The van der Waals surface area contributed by atoms with Crippen LogP contribution in [0.25, 0.3) is 11.1 Å². The van der Waals surface area contributed by atoms with E-state index in [0.29, 0.717) is 30.2 Å². The van der Waals surface area contributed by atoms with Gasteiger partial charge < -0.3 is 15.5 Å². The van der Waals surface area contributed by atoms with E-state index in [2.05, 4.69) is 26.2 Å². The van der Waals surface area contributed by atoms with Crippen LogP contribution in [0.3, 0.4) is 0 Å². The first-order valence-corrected chi connectivity index (χ1v) is 16.0. The molecule has 4 heterocycles. The van der Waals surface area contributed by atoms with Crippen molar-refractivity contribution in [2.24, 2.45) is 0 Å². The molecule has 4 aromatic rings. The smallest absolute Gasteiger partial charge is 0.274 e. The summed E-state index contributed by atoms with van der Waals surface area (Å²) in [5, 5.41) is 21.6. The van der Waals surface area contributed by atoms with Gasteiger partial charge in [-0.25, -0.2) is 9.97 Å². The van der Waals surface area contributed by atoms with E-state index >= 15 is 0 Å². The Morgan fingerprint density at radius 1 is 0.739 bits per heavy atom. The van der Waals surface area contributed by atoms with Gasteiger partial charge in [0.25, 0.3) is 5.91 Å². The van der Waals surface area contributed by atoms with Gasteiger partial charge in [-0.15, -0.1) is 0 Å². The number of benzene rings is 2. The number of carbonyl (C=O) groups is 2. The number of nitrogens with zero attached hydrogens (tertiary/aromatic N) is 4. The molecule has 9 nitrogen and oxygen atoms in total. The number of aliphatic hydroxyl groups excluding tert-OH is 2. The van der Waals surface area contributed by atoms with Crippen molar-refractivity contribution in [1.29, 1.82) is 0 Å². The molecule has 2 aliphatic heterocycles. The minimum atomic E-state index is -0.254. The number of hydrogen-bond acceptors (Lipinski definition) is 8. The van der Waals surface area contributed by atoms with E-state index < -0.39 is 0 Å². The van der Waals surface area contributed by atoms with Crippen LogP contribution in [0.4, 0.5) is 5.69 Å². The van der Waals surface area contributed by atoms with Crippen LogP contribution in [0.2, 0.25) is 0 Å². The number of ketones is 1. The summed E-state index contributed by atoms with van der Waals surface area (Å²) in [6.07, 6.45) is 1.76. The second kappa shape index (κ2) is 14.0. The molecule has 2 aromatic heterocycles. The monoisotopic (exact) mass is 619 g/mol. The molecule has 0 bridgehead atoms. The van der Waals surface area contributed by atoms with Crippen molar-refractivity contribution < 1.29 is 19.8 Å². The summed E-state index contributed by atoms with van der Waals surface area (Å²) in [4.78, 5) is 40.5. The van der Waals surface area contributed by atoms with Gasteiger partial charge in [0.1, 0.15) is 11.4 Å². The van der Waals surface area contributed by atoms with Crippen LogP contribution in [0.5, 0.6) is 0 Å². The number of carbonyl (C=O) groups excluding carboxylic acids is 2. The summed E-state index contributed by atoms with van der Waals surface area (Å²) < 4.78 is 0. The molecule has 0 spiro atoms. The van der Waals surface area contributed by atoms with Gasteiger partial charge in [-0.3, -0.25) is 19.4 Å². The molecule has 2 aromatic carbocycles. The molecule has 3 N–H and O–H groups in total. The van der Waals surface area contributed by atoms with E-state index in [4.69, 9.17) is 4.98 Å². The first-order chi connectivity index (χ1) is 22.3. The lowest BCUT2D eigenvalue weighted by molar-refractivity contribution is 0.0985. The van der Waals surface area contributed by atoms with Gasteiger partial charge in [-0.2, -0.15) is 0 Å². The van der Waals surface area contributed by atoms with Gasteiger partial charge in [-0.1, -0.05) is 42.5 Å². The number of rotatable bonds is 10. The van der Waals surface area contributed by atoms with Gasteiger partial charge in [0.15, 0.2) is 5.78 Å². The maximum atomic E-state index is 13.4. The second-order valence-electron chi connectivity index (χ2n) is 12.2. The predicted molar refractivity (Wildman–Crippen MR) is 178 cm³/mol. The van der Waals surface area contributed by atoms with E-state index in [1.807, 2.05) is 62.4 Å². The number of aromatic nitrogens is 2. The fourth-order valence-electron chi connectivity index (χ4n) is 6.57. The molecule has 0 aliphatic carbocycles. The maximum Gasteiger partial charge on any atom is 0.274 e. The molecule has 1 amide bonds. The normalized spacial score (nSPS) is 14.9. The van der Waals surface area contributed by atoms with E-state index in [1.54, 1.807) is 6.07 Å². The zero-order valence-electron chi connectivity index (χ0n) is 26.6. The molecule has 46 heavy (non-hydrogen) atoms. The molecule has 0 atom stereocenters. The van der Waals surface area contributed by atoms with Gasteiger partial charge in [0, 0.05) is 75.6 Å². The quantitative estimate of drug-likeness (QED) is 0.227. The number of fused-ring (bicyclic) bond motifs is 2. The van der Waals surface area contributed by atoms with Crippen molar-refractivity contribution in [3.8, 4) is 11.1 Å². The van der Waals surface area contributed by atoms with E-state index in [1.165, 1.54) is 0 Å². The van der Waals surface area contributed by atoms with Crippen LogP contribution in [0.15, 0.2) is 60.7 Å². The van der Waals surface area contributed by atoms with Crippen molar-refractivity contribution >= 4 is 17.4 Å². The molecule has 0 radical (unpaired) electrons. The Morgan fingerprint density at radius 2 is 1.30 bits per heavy atom. The standard InChI is InChI=1S/C37H41N5O4/c1-24-26(21-36(45)34-11-9-27-22-41(17-19-43)15-13-32(27)38-34)5-3-6-29(24)30-7-4-8-31(25(30)2)40-37(46)35-12-10-28-23-42(18-20-44)16-14-33(28)39-35/h3-12,43-44H,13-23H2,1-2H3,(H,40,46). The average Bonchev–Trinajstić information content (AvgIpc) is 3.06. The van der Waals surface area contributed by atoms with Crippen LogP contribution in [0.1, 0.15) is 60.2 Å². The lowest BCUT2D eigenvalue weighted by Crippen LogP contribution is -2.33. The van der Waals surface area contributed by atoms with Crippen LogP contribution in [-0.4, -0.2) is 81.1 Å². The van der Waals surface area contributed by atoms with Crippen LogP contribution < -0.4 is 5.32 Å². The molecule has 0 fully saturated rings. The lowest BCUT2D eigenvalue weighted by atomic mass is 9.91. The number of aliphatic hydroxyl groups is 2. The van der Waals surface area contributed by atoms with Crippen LogP contribution in [0, 0.1) is 13.8 Å². The Balaban J connectivity index is 1.17. The first kappa shape index (κ1) is 31.7. The summed E-state index contributed by atoms with van der Waals surface area (Å²) >= 11 is 0. The number of β-amino-alcohol motifs (C(OH)–C–C–N with tert-alkyl or cyclic N) is 2. The SMILES string of the molecule is Cc1c(CC(=O)c2ccc3c(n2)CCN(CCO)C3)cccc1-c1cccc(NC(=O)c2ccc3c(n2)CCN(CCO)C3)c1C. The van der Waals surface area contributed by atoms with E-state index in [9.17, 15) is 19.8 Å². The van der Waals surface area contributed by atoms with E-state index in [-0.39, 0.29) is 31.3 Å². The number of Topliss-reactive ketones (excluding diaryl/α,β-unsaturated/α-hetero) is 1. The van der Waals surface area contributed by atoms with Crippen LogP contribution in [-0.2, 0) is 32.4 Å². The third kappa shape index (κ3) is 6.78. The second-order valence-corrected chi connectivity index (χ2v) is 12.2. The largest absolute Gasteiger partial charge is 0.395 e. The van der Waals surface area contributed by atoms with Gasteiger partial charge in [-0.05, 0) is 71.0 Å². The van der Waals surface area contributed by atoms with Crippen molar-refractivity contribution in [1.82, 2.24) is 19.8 Å². The van der Waals surface area contributed by atoms with Gasteiger partial charge in [0.05, 0.1) is 13.2 Å². The van der Waals surface area contributed by atoms with Gasteiger partial charge >= 0.3 is 0 Å². The molecule has 2 aliphatic rings. The highest BCUT2D eigenvalue weighted by atomic mass is 16.3.